The van der Waals surface area contributed by atoms with E-state index < -0.39 is 0 Å². The summed E-state index contributed by atoms with van der Waals surface area (Å²) in [5, 5.41) is 3.02. The summed E-state index contributed by atoms with van der Waals surface area (Å²) < 4.78 is 11.2. The third-order valence-corrected chi connectivity index (χ3v) is 2.97. The SMILES string of the molecule is CNc1cc(C)nc(COCC2CCCCO2)n1. The van der Waals surface area contributed by atoms with E-state index in [1.165, 1.54) is 12.8 Å². The molecule has 0 aliphatic carbocycles. The quantitative estimate of drug-likeness (QED) is 0.866. The first-order chi connectivity index (χ1) is 8.78. The lowest BCUT2D eigenvalue weighted by Crippen LogP contribution is -2.24. The lowest BCUT2D eigenvalue weighted by Gasteiger charge is -2.22. The molecule has 1 aromatic rings. The van der Waals surface area contributed by atoms with Gasteiger partial charge in [-0.1, -0.05) is 0 Å². The van der Waals surface area contributed by atoms with Gasteiger partial charge in [-0.05, 0) is 26.2 Å². The molecule has 1 aliphatic heterocycles. The second kappa shape index (κ2) is 6.66. The molecule has 0 spiro atoms. The van der Waals surface area contributed by atoms with Gasteiger partial charge in [-0.3, -0.25) is 0 Å². The molecule has 0 radical (unpaired) electrons. The Kier molecular flexibility index (Phi) is 4.90. The maximum atomic E-state index is 5.64. The van der Waals surface area contributed by atoms with E-state index in [0.717, 1.165) is 30.4 Å². The van der Waals surface area contributed by atoms with E-state index in [2.05, 4.69) is 15.3 Å². The molecule has 1 fully saturated rings. The molecule has 1 N–H and O–H groups in total. The maximum absolute atomic E-state index is 5.64. The molecule has 18 heavy (non-hydrogen) atoms. The number of hydrogen-bond donors (Lipinski definition) is 1. The van der Waals surface area contributed by atoms with Crippen LogP contribution in [0.1, 0.15) is 30.8 Å². The van der Waals surface area contributed by atoms with Gasteiger partial charge in [0.15, 0.2) is 5.82 Å². The second-order valence-electron chi connectivity index (χ2n) is 4.56. The van der Waals surface area contributed by atoms with Crippen molar-refractivity contribution in [3.05, 3.63) is 17.6 Å². The first kappa shape index (κ1) is 13.2. The Hall–Kier alpha value is -1.20. The van der Waals surface area contributed by atoms with E-state index in [9.17, 15) is 0 Å². The minimum atomic E-state index is 0.243. The number of anilines is 1. The molecular formula is C13H21N3O2. The number of aryl methyl sites for hydroxylation is 1. The highest BCUT2D eigenvalue weighted by atomic mass is 16.5. The lowest BCUT2D eigenvalue weighted by atomic mass is 10.1. The number of hydrogen-bond acceptors (Lipinski definition) is 5. The molecule has 100 valence electrons. The van der Waals surface area contributed by atoms with Gasteiger partial charge in [0.1, 0.15) is 12.4 Å². The molecule has 1 unspecified atom stereocenters. The van der Waals surface area contributed by atoms with Crippen LogP contribution in [0.15, 0.2) is 6.07 Å². The van der Waals surface area contributed by atoms with E-state index in [1.54, 1.807) is 0 Å². The van der Waals surface area contributed by atoms with Crippen LogP contribution in [0.3, 0.4) is 0 Å². The van der Waals surface area contributed by atoms with E-state index >= 15 is 0 Å². The van der Waals surface area contributed by atoms with Crippen LogP contribution in [0, 0.1) is 6.92 Å². The molecule has 1 atom stereocenters. The number of rotatable bonds is 5. The molecule has 1 saturated heterocycles. The van der Waals surface area contributed by atoms with Crippen molar-refractivity contribution in [3.63, 3.8) is 0 Å². The molecule has 0 amide bonds. The third kappa shape index (κ3) is 3.92. The fraction of sp³-hybridized carbons (Fsp3) is 0.692. The first-order valence-corrected chi connectivity index (χ1v) is 6.49. The van der Waals surface area contributed by atoms with Crippen LogP contribution in [0.2, 0.25) is 0 Å². The average molecular weight is 251 g/mol. The minimum absolute atomic E-state index is 0.243. The van der Waals surface area contributed by atoms with Crippen LogP contribution in [-0.2, 0) is 16.1 Å². The molecule has 0 bridgehead atoms. The molecule has 5 heteroatoms. The highest BCUT2D eigenvalue weighted by Crippen LogP contribution is 2.13. The number of nitrogens with zero attached hydrogens (tertiary/aromatic N) is 2. The molecule has 5 nitrogen and oxygen atoms in total. The fourth-order valence-electron chi connectivity index (χ4n) is 2.04. The Balaban J connectivity index is 1.80. The first-order valence-electron chi connectivity index (χ1n) is 6.49. The van der Waals surface area contributed by atoms with Gasteiger partial charge >= 0.3 is 0 Å². The minimum Gasteiger partial charge on any atom is -0.376 e. The standard InChI is InChI=1S/C13H21N3O2/c1-10-7-12(14-2)16-13(15-10)9-17-8-11-5-3-4-6-18-11/h7,11H,3-6,8-9H2,1-2H3,(H,14,15,16). The average Bonchev–Trinajstić information content (AvgIpc) is 2.39. The summed E-state index contributed by atoms with van der Waals surface area (Å²) >= 11 is 0. The van der Waals surface area contributed by atoms with Gasteiger partial charge in [0.2, 0.25) is 0 Å². The summed E-state index contributed by atoms with van der Waals surface area (Å²) in [6, 6.07) is 1.91. The molecule has 1 aromatic heterocycles. The van der Waals surface area contributed by atoms with Gasteiger partial charge in [0.25, 0.3) is 0 Å². The Morgan fingerprint density at radius 2 is 2.33 bits per heavy atom. The summed E-state index contributed by atoms with van der Waals surface area (Å²) in [5.41, 5.74) is 0.946. The Labute approximate surface area is 108 Å². The zero-order valence-corrected chi connectivity index (χ0v) is 11.1. The van der Waals surface area contributed by atoms with Crippen molar-refractivity contribution in [2.24, 2.45) is 0 Å². The van der Waals surface area contributed by atoms with Crippen LogP contribution < -0.4 is 5.32 Å². The summed E-state index contributed by atoms with van der Waals surface area (Å²) in [6.07, 6.45) is 3.74. The number of aromatic nitrogens is 2. The van der Waals surface area contributed by atoms with Crippen molar-refractivity contribution >= 4 is 5.82 Å². The van der Waals surface area contributed by atoms with Gasteiger partial charge in [-0.2, -0.15) is 0 Å². The predicted octanol–water partition coefficient (Wildman–Crippen LogP) is 1.91. The topological polar surface area (TPSA) is 56.3 Å². The monoisotopic (exact) mass is 251 g/mol. The van der Waals surface area contributed by atoms with E-state index in [1.807, 2.05) is 20.0 Å². The fourth-order valence-corrected chi connectivity index (χ4v) is 2.04. The number of nitrogens with one attached hydrogen (secondary N) is 1. The Morgan fingerprint density at radius 1 is 1.44 bits per heavy atom. The van der Waals surface area contributed by atoms with Crippen molar-refractivity contribution in [2.75, 3.05) is 25.6 Å². The van der Waals surface area contributed by atoms with E-state index in [0.29, 0.717) is 13.2 Å². The smallest absolute Gasteiger partial charge is 0.156 e. The van der Waals surface area contributed by atoms with Crippen LogP contribution in [0.5, 0.6) is 0 Å². The largest absolute Gasteiger partial charge is 0.376 e. The molecule has 2 rings (SSSR count). The summed E-state index contributed by atoms with van der Waals surface area (Å²) in [5.74, 6) is 1.55. The van der Waals surface area contributed by atoms with Crippen molar-refractivity contribution in [3.8, 4) is 0 Å². The van der Waals surface area contributed by atoms with Crippen LogP contribution >= 0.6 is 0 Å². The maximum Gasteiger partial charge on any atom is 0.156 e. The third-order valence-electron chi connectivity index (χ3n) is 2.97. The van der Waals surface area contributed by atoms with E-state index in [-0.39, 0.29) is 6.10 Å². The predicted molar refractivity (Wildman–Crippen MR) is 69.6 cm³/mol. The van der Waals surface area contributed by atoms with Crippen molar-refractivity contribution in [2.45, 2.75) is 38.9 Å². The zero-order chi connectivity index (χ0) is 12.8. The summed E-state index contributed by atoms with van der Waals surface area (Å²) in [6.45, 7) is 3.89. The normalized spacial score (nSPS) is 19.8. The van der Waals surface area contributed by atoms with Crippen molar-refractivity contribution < 1.29 is 9.47 Å². The zero-order valence-electron chi connectivity index (χ0n) is 11.1. The Bertz CT molecular complexity index is 378. The molecule has 2 heterocycles. The van der Waals surface area contributed by atoms with Gasteiger partial charge in [0.05, 0.1) is 12.7 Å². The molecule has 0 aromatic carbocycles. The van der Waals surface area contributed by atoms with Crippen LogP contribution in [0.4, 0.5) is 5.82 Å². The summed E-state index contributed by atoms with van der Waals surface area (Å²) in [7, 11) is 1.85. The molecule has 0 saturated carbocycles. The van der Waals surface area contributed by atoms with E-state index in [4.69, 9.17) is 9.47 Å². The van der Waals surface area contributed by atoms with Gasteiger partial charge in [-0.25, -0.2) is 9.97 Å². The molecular weight excluding hydrogens is 230 g/mol. The van der Waals surface area contributed by atoms with Gasteiger partial charge < -0.3 is 14.8 Å². The second-order valence-corrected chi connectivity index (χ2v) is 4.56. The lowest BCUT2D eigenvalue weighted by molar-refractivity contribution is -0.0458. The number of ether oxygens (including phenoxy) is 2. The molecule has 1 aliphatic rings. The highest BCUT2D eigenvalue weighted by Gasteiger charge is 2.14. The Morgan fingerprint density at radius 3 is 3.06 bits per heavy atom. The van der Waals surface area contributed by atoms with Crippen molar-refractivity contribution in [1.82, 2.24) is 9.97 Å². The summed E-state index contributed by atoms with van der Waals surface area (Å²) in [4.78, 5) is 8.69. The van der Waals surface area contributed by atoms with Gasteiger partial charge in [0, 0.05) is 25.4 Å². The van der Waals surface area contributed by atoms with Crippen LogP contribution in [-0.4, -0.2) is 36.3 Å². The highest BCUT2D eigenvalue weighted by molar-refractivity contribution is 5.34. The van der Waals surface area contributed by atoms with Gasteiger partial charge in [-0.15, -0.1) is 0 Å². The van der Waals surface area contributed by atoms with Crippen LogP contribution in [0.25, 0.3) is 0 Å². The van der Waals surface area contributed by atoms with Crippen molar-refractivity contribution in [1.29, 1.82) is 0 Å².